The fraction of sp³-hybridized carbons (Fsp3) is 0.333. The van der Waals surface area contributed by atoms with Crippen molar-refractivity contribution in [3.63, 3.8) is 0 Å². The highest BCUT2D eigenvalue weighted by molar-refractivity contribution is 5.28. The molecule has 0 heterocycles. The Hall–Kier alpha value is -1.60. The maximum absolute atomic E-state index is 10.3. The molecule has 1 atom stereocenters. The highest BCUT2D eigenvalue weighted by Gasteiger charge is 2.09. The molecule has 0 fully saturated rings. The van der Waals surface area contributed by atoms with Crippen LogP contribution in [0, 0.1) is 6.92 Å². The van der Waals surface area contributed by atoms with Gasteiger partial charge in [-0.25, -0.2) is 0 Å². The second-order valence-electron chi connectivity index (χ2n) is 5.20. The smallest absolute Gasteiger partial charge is 0.0830 e. The molecule has 0 spiro atoms. The number of aryl methyl sites for hydroxylation is 2. The number of hydrogen-bond acceptors (Lipinski definition) is 1. The van der Waals surface area contributed by atoms with Crippen LogP contribution >= 0.6 is 0 Å². The minimum absolute atomic E-state index is 0.417. The van der Waals surface area contributed by atoms with Gasteiger partial charge in [0.25, 0.3) is 0 Å². The molecule has 1 heteroatoms. The molecule has 100 valence electrons. The molecule has 19 heavy (non-hydrogen) atoms. The Kier molecular flexibility index (Phi) is 4.75. The van der Waals surface area contributed by atoms with Crippen molar-refractivity contribution in [2.24, 2.45) is 0 Å². The zero-order valence-corrected chi connectivity index (χ0v) is 11.8. The maximum atomic E-state index is 10.3. The van der Waals surface area contributed by atoms with Crippen molar-refractivity contribution in [3.05, 3.63) is 70.8 Å². The summed E-state index contributed by atoms with van der Waals surface area (Å²) in [5, 5.41) is 10.3. The molecule has 0 amide bonds. The van der Waals surface area contributed by atoms with E-state index in [-0.39, 0.29) is 0 Å². The summed E-state index contributed by atoms with van der Waals surface area (Å²) in [6.45, 7) is 4.25. The molecule has 1 N–H and O–H groups in total. The van der Waals surface area contributed by atoms with E-state index in [9.17, 15) is 5.11 Å². The van der Waals surface area contributed by atoms with Gasteiger partial charge in [0.1, 0.15) is 0 Å². The van der Waals surface area contributed by atoms with Crippen LogP contribution in [-0.4, -0.2) is 5.11 Å². The predicted octanol–water partition coefficient (Wildman–Crippen LogP) is 4.22. The van der Waals surface area contributed by atoms with E-state index in [1.807, 2.05) is 12.1 Å². The number of aliphatic hydroxyl groups excluding tert-OH is 1. The Labute approximate surface area is 115 Å². The molecule has 0 aliphatic carbocycles. The fourth-order valence-corrected chi connectivity index (χ4v) is 2.31. The van der Waals surface area contributed by atoms with E-state index < -0.39 is 6.10 Å². The molecular formula is C18H22O. The third kappa shape index (κ3) is 3.93. The summed E-state index contributed by atoms with van der Waals surface area (Å²) in [6.07, 6.45) is 2.47. The normalized spacial score (nSPS) is 12.4. The molecule has 1 unspecified atom stereocenters. The summed E-state index contributed by atoms with van der Waals surface area (Å²) in [7, 11) is 0. The van der Waals surface area contributed by atoms with Crippen LogP contribution in [0.5, 0.6) is 0 Å². The van der Waals surface area contributed by atoms with Gasteiger partial charge < -0.3 is 5.11 Å². The van der Waals surface area contributed by atoms with Crippen molar-refractivity contribution in [3.8, 4) is 0 Å². The van der Waals surface area contributed by atoms with Crippen LogP contribution in [0.3, 0.4) is 0 Å². The molecule has 0 aliphatic heterocycles. The number of benzene rings is 2. The lowest BCUT2D eigenvalue weighted by atomic mass is 9.98. The van der Waals surface area contributed by atoms with Gasteiger partial charge in [0.15, 0.2) is 0 Å². The summed E-state index contributed by atoms with van der Waals surface area (Å²) in [4.78, 5) is 0. The second-order valence-corrected chi connectivity index (χ2v) is 5.20. The Balaban J connectivity index is 2.08. The first-order chi connectivity index (χ1) is 9.19. The first-order valence-corrected chi connectivity index (χ1v) is 7.01. The highest BCUT2D eigenvalue weighted by Crippen LogP contribution is 2.20. The molecule has 1 nitrogen and oxygen atoms in total. The van der Waals surface area contributed by atoms with E-state index in [0.29, 0.717) is 6.42 Å². The lowest BCUT2D eigenvalue weighted by Gasteiger charge is -2.12. The van der Waals surface area contributed by atoms with Crippen LogP contribution in [0.1, 0.15) is 41.7 Å². The average molecular weight is 254 g/mol. The zero-order valence-electron chi connectivity index (χ0n) is 11.8. The van der Waals surface area contributed by atoms with Crippen LogP contribution in [0.2, 0.25) is 0 Å². The topological polar surface area (TPSA) is 20.2 Å². The van der Waals surface area contributed by atoms with E-state index in [1.165, 1.54) is 16.7 Å². The maximum Gasteiger partial charge on any atom is 0.0830 e. The molecular weight excluding hydrogens is 232 g/mol. The third-order valence-corrected chi connectivity index (χ3v) is 3.42. The summed E-state index contributed by atoms with van der Waals surface area (Å²) in [5.41, 5.74) is 4.76. The minimum Gasteiger partial charge on any atom is -0.388 e. The summed E-state index contributed by atoms with van der Waals surface area (Å²) in [6, 6.07) is 16.7. The quantitative estimate of drug-likeness (QED) is 0.847. The molecule has 2 aromatic rings. The Morgan fingerprint density at radius 1 is 1.00 bits per heavy atom. The van der Waals surface area contributed by atoms with Gasteiger partial charge in [-0.3, -0.25) is 0 Å². The molecule has 0 saturated heterocycles. The molecule has 0 bridgehead atoms. The average Bonchev–Trinajstić information content (AvgIpc) is 2.42. The van der Waals surface area contributed by atoms with Crippen LogP contribution in [0.4, 0.5) is 0 Å². The first-order valence-electron chi connectivity index (χ1n) is 7.01. The van der Waals surface area contributed by atoms with E-state index >= 15 is 0 Å². The number of rotatable bonds is 5. The standard InChI is InChI=1S/C18H22O/c1-3-5-15-6-4-7-17(12-15)18(19)13-16-10-8-14(2)9-11-16/h4,6-12,18-19H,3,5,13H2,1-2H3. The molecule has 2 rings (SSSR count). The van der Waals surface area contributed by atoms with Crippen molar-refractivity contribution in [1.82, 2.24) is 0 Å². The summed E-state index contributed by atoms with van der Waals surface area (Å²) in [5.74, 6) is 0. The van der Waals surface area contributed by atoms with Crippen LogP contribution in [-0.2, 0) is 12.8 Å². The molecule has 0 saturated carbocycles. The van der Waals surface area contributed by atoms with Gasteiger partial charge in [0.05, 0.1) is 6.10 Å². The third-order valence-electron chi connectivity index (χ3n) is 3.42. The lowest BCUT2D eigenvalue weighted by molar-refractivity contribution is 0.178. The van der Waals surface area contributed by atoms with E-state index in [4.69, 9.17) is 0 Å². The summed E-state index contributed by atoms with van der Waals surface area (Å²) >= 11 is 0. The van der Waals surface area contributed by atoms with Gasteiger partial charge in [-0.2, -0.15) is 0 Å². The van der Waals surface area contributed by atoms with E-state index in [1.54, 1.807) is 0 Å². The minimum atomic E-state index is -0.417. The van der Waals surface area contributed by atoms with Crippen molar-refractivity contribution < 1.29 is 5.11 Å². The van der Waals surface area contributed by atoms with E-state index in [0.717, 1.165) is 18.4 Å². The fourth-order valence-electron chi connectivity index (χ4n) is 2.31. The van der Waals surface area contributed by atoms with Gasteiger partial charge in [-0.1, -0.05) is 67.4 Å². The zero-order chi connectivity index (χ0) is 13.7. The van der Waals surface area contributed by atoms with Gasteiger partial charge in [0.2, 0.25) is 0 Å². The van der Waals surface area contributed by atoms with Crippen LogP contribution in [0.15, 0.2) is 48.5 Å². The van der Waals surface area contributed by atoms with Gasteiger partial charge in [-0.15, -0.1) is 0 Å². The highest BCUT2D eigenvalue weighted by atomic mass is 16.3. The Morgan fingerprint density at radius 3 is 2.42 bits per heavy atom. The Bertz CT molecular complexity index is 513. The van der Waals surface area contributed by atoms with Gasteiger partial charge in [-0.05, 0) is 30.0 Å². The van der Waals surface area contributed by atoms with Crippen LogP contribution in [0.25, 0.3) is 0 Å². The monoisotopic (exact) mass is 254 g/mol. The summed E-state index contributed by atoms with van der Waals surface area (Å²) < 4.78 is 0. The molecule has 0 aliphatic rings. The molecule has 0 radical (unpaired) electrons. The number of hydrogen-bond donors (Lipinski definition) is 1. The predicted molar refractivity (Wildman–Crippen MR) is 80.3 cm³/mol. The van der Waals surface area contributed by atoms with Crippen LogP contribution < -0.4 is 0 Å². The molecule has 0 aromatic heterocycles. The first kappa shape index (κ1) is 13.8. The Morgan fingerprint density at radius 2 is 1.74 bits per heavy atom. The largest absolute Gasteiger partial charge is 0.388 e. The SMILES string of the molecule is CCCc1cccc(C(O)Cc2ccc(C)cc2)c1. The number of aliphatic hydroxyl groups is 1. The van der Waals surface area contributed by atoms with Gasteiger partial charge >= 0.3 is 0 Å². The lowest BCUT2D eigenvalue weighted by Crippen LogP contribution is -2.02. The van der Waals surface area contributed by atoms with Crippen molar-refractivity contribution in [2.45, 2.75) is 39.2 Å². The second kappa shape index (κ2) is 6.53. The van der Waals surface area contributed by atoms with Gasteiger partial charge in [0, 0.05) is 6.42 Å². The van der Waals surface area contributed by atoms with Crippen molar-refractivity contribution >= 4 is 0 Å². The molecule has 2 aromatic carbocycles. The van der Waals surface area contributed by atoms with Crippen molar-refractivity contribution in [2.75, 3.05) is 0 Å². The van der Waals surface area contributed by atoms with Crippen molar-refractivity contribution in [1.29, 1.82) is 0 Å². The van der Waals surface area contributed by atoms with E-state index in [2.05, 4.69) is 50.2 Å².